The van der Waals surface area contributed by atoms with E-state index in [9.17, 15) is 4.79 Å². The van der Waals surface area contributed by atoms with Crippen LogP contribution in [-0.4, -0.2) is 16.3 Å². The Kier molecular flexibility index (Phi) is 3.05. The second-order valence-electron chi connectivity index (χ2n) is 3.24. The number of carbonyl (C=O) groups excluding carboxylic acids is 1. The molecule has 5 heteroatoms. The third-order valence-corrected chi connectivity index (χ3v) is 3.00. The SMILES string of the molecule is Cc1nc(Sc2ncccc2C=O)oc1C. The zero-order chi connectivity index (χ0) is 11.5. The summed E-state index contributed by atoms with van der Waals surface area (Å²) in [6.07, 6.45) is 2.41. The second kappa shape index (κ2) is 4.49. The van der Waals surface area contributed by atoms with Crippen LogP contribution >= 0.6 is 11.8 Å². The zero-order valence-corrected chi connectivity index (χ0v) is 9.75. The first-order chi connectivity index (χ1) is 7.70. The van der Waals surface area contributed by atoms with Gasteiger partial charge >= 0.3 is 0 Å². The average Bonchev–Trinajstić information content (AvgIpc) is 2.59. The molecule has 2 aromatic rings. The second-order valence-corrected chi connectivity index (χ2v) is 4.18. The maximum atomic E-state index is 10.8. The molecule has 0 fully saturated rings. The molecular weight excluding hydrogens is 224 g/mol. The lowest BCUT2D eigenvalue weighted by molar-refractivity contribution is 0.112. The quantitative estimate of drug-likeness (QED) is 0.764. The summed E-state index contributed by atoms with van der Waals surface area (Å²) in [5.41, 5.74) is 1.40. The Morgan fingerprint density at radius 2 is 2.25 bits per heavy atom. The van der Waals surface area contributed by atoms with E-state index in [2.05, 4.69) is 9.97 Å². The van der Waals surface area contributed by atoms with E-state index >= 15 is 0 Å². The monoisotopic (exact) mass is 234 g/mol. The van der Waals surface area contributed by atoms with Gasteiger partial charge in [-0.1, -0.05) is 0 Å². The molecule has 2 rings (SSSR count). The van der Waals surface area contributed by atoms with E-state index in [1.165, 1.54) is 11.8 Å². The first-order valence-electron chi connectivity index (χ1n) is 4.73. The molecule has 0 bridgehead atoms. The standard InChI is InChI=1S/C11H10N2O2S/c1-7-8(2)15-11(13-7)16-10-9(6-14)4-3-5-12-10/h3-6H,1-2H3. The lowest BCUT2D eigenvalue weighted by atomic mass is 10.3. The summed E-state index contributed by atoms with van der Waals surface area (Å²) in [6, 6.07) is 3.44. The Labute approximate surface area is 97.1 Å². The van der Waals surface area contributed by atoms with E-state index in [1.807, 2.05) is 13.8 Å². The van der Waals surface area contributed by atoms with Crippen molar-refractivity contribution in [3.63, 3.8) is 0 Å². The normalized spacial score (nSPS) is 10.4. The van der Waals surface area contributed by atoms with Gasteiger partial charge in [-0.05, 0) is 37.7 Å². The Bertz CT molecular complexity index is 503. The van der Waals surface area contributed by atoms with Gasteiger partial charge in [0.15, 0.2) is 6.29 Å². The highest BCUT2D eigenvalue weighted by Gasteiger charge is 2.10. The van der Waals surface area contributed by atoms with Gasteiger partial charge in [0.1, 0.15) is 10.8 Å². The number of hydrogen-bond donors (Lipinski definition) is 0. The Balaban J connectivity index is 2.30. The topological polar surface area (TPSA) is 56.0 Å². The number of nitrogens with zero attached hydrogens (tertiary/aromatic N) is 2. The number of hydrogen-bond acceptors (Lipinski definition) is 5. The van der Waals surface area contributed by atoms with Gasteiger partial charge < -0.3 is 4.42 Å². The molecule has 0 aliphatic heterocycles. The highest BCUT2D eigenvalue weighted by molar-refractivity contribution is 7.99. The molecule has 0 saturated heterocycles. The molecule has 0 saturated carbocycles. The van der Waals surface area contributed by atoms with Gasteiger partial charge in [0.25, 0.3) is 5.22 Å². The van der Waals surface area contributed by atoms with Crippen molar-refractivity contribution < 1.29 is 9.21 Å². The molecule has 0 radical (unpaired) electrons. The smallest absolute Gasteiger partial charge is 0.262 e. The number of carbonyl (C=O) groups is 1. The van der Waals surface area contributed by atoms with Gasteiger partial charge in [-0.15, -0.1) is 0 Å². The number of aldehydes is 1. The first kappa shape index (κ1) is 10.9. The Morgan fingerprint density at radius 3 is 2.88 bits per heavy atom. The molecule has 4 nitrogen and oxygen atoms in total. The van der Waals surface area contributed by atoms with Crippen molar-refractivity contribution in [2.45, 2.75) is 24.1 Å². The van der Waals surface area contributed by atoms with Crippen LogP contribution < -0.4 is 0 Å². The predicted molar refractivity (Wildman–Crippen MR) is 59.7 cm³/mol. The first-order valence-corrected chi connectivity index (χ1v) is 5.54. The molecule has 0 aliphatic rings. The summed E-state index contributed by atoms with van der Waals surface area (Å²) in [7, 11) is 0. The van der Waals surface area contributed by atoms with Crippen molar-refractivity contribution in [3.8, 4) is 0 Å². The Morgan fingerprint density at radius 1 is 1.44 bits per heavy atom. The van der Waals surface area contributed by atoms with Crippen LogP contribution in [-0.2, 0) is 0 Å². The van der Waals surface area contributed by atoms with Gasteiger partial charge in [-0.2, -0.15) is 0 Å². The van der Waals surface area contributed by atoms with Crippen LogP contribution in [0.3, 0.4) is 0 Å². The Hall–Kier alpha value is -1.62. The molecule has 0 spiro atoms. The highest BCUT2D eigenvalue weighted by Crippen LogP contribution is 2.28. The summed E-state index contributed by atoms with van der Waals surface area (Å²) in [4.78, 5) is 19.1. The highest BCUT2D eigenvalue weighted by atomic mass is 32.2. The van der Waals surface area contributed by atoms with Crippen LogP contribution in [0.15, 0.2) is 33.0 Å². The number of oxazole rings is 1. The van der Waals surface area contributed by atoms with E-state index in [4.69, 9.17) is 4.42 Å². The van der Waals surface area contributed by atoms with Crippen molar-refractivity contribution in [1.29, 1.82) is 0 Å². The van der Waals surface area contributed by atoms with Gasteiger partial charge in [0.2, 0.25) is 0 Å². The van der Waals surface area contributed by atoms with E-state index in [0.29, 0.717) is 15.8 Å². The van der Waals surface area contributed by atoms with Crippen molar-refractivity contribution in [1.82, 2.24) is 9.97 Å². The summed E-state index contributed by atoms with van der Waals surface area (Å²) in [5, 5.41) is 1.12. The fourth-order valence-electron chi connectivity index (χ4n) is 1.15. The van der Waals surface area contributed by atoms with Gasteiger partial charge in [0, 0.05) is 11.8 Å². The molecule has 16 heavy (non-hydrogen) atoms. The van der Waals surface area contributed by atoms with E-state index in [-0.39, 0.29) is 0 Å². The maximum absolute atomic E-state index is 10.8. The van der Waals surface area contributed by atoms with Crippen LogP contribution in [0.5, 0.6) is 0 Å². The zero-order valence-electron chi connectivity index (χ0n) is 8.93. The van der Waals surface area contributed by atoms with Crippen LogP contribution in [0.1, 0.15) is 21.8 Å². The lowest BCUT2D eigenvalue weighted by Gasteiger charge is -1.98. The van der Waals surface area contributed by atoms with Crippen molar-refractivity contribution >= 4 is 18.0 Å². The third kappa shape index (κ3) is 2.14. The fourth-order valence-corrected chi connectivity index (χ4v) is 2.01. The van der Waals surface area contributed by atoms with Gasteiger partial charge in [-0.3, -0.25) is 4.79 Å². The molecule has 0 unspecified atom stereocenters. The van der Waals surface area contributed by atoms with Crippen LogP contribution in [0.25, 0.3) is 0 Å². The molecule has 2 heterocycles. The van der Waals surface area contributed by atoms with Crippen LogP contribution in [0, 0.1) is 13.8 Å². The molecule has 0 aromatic carbocycles. The summed E-state index contributed by atoms with van der Waals surface area (Å²) in [5.74, 6) is 0.783. The van der Waals surface area contributed by atoms with Crippen molar-refractivity contribution in [2.75, 3.05) is 0 Å². The molecule has 0 amide bonds. The molecule has 82 valence electrons. The average molecular weight is 234 g/mol. The van der Waals surface area contributed by atoms with Crippen LogP contribution in [0.2, 0.25) is 0 Å². The number of aromatic nitrogens is 2. The summed E-state index contributed by atoms with van der Waals surface area (Å²) >= 11 is 1.25. The summed E-state index contributed by atoms with van der Waals surface area (Å²) in [6.45, 7) is 3.73. The van der Waals surface area contributed by atoms with Crippen molar-refractivity contribution in [2.24, 2.45) is 0 Å². The molecular formula is C11H10N2O2S. The van der Waals surface area contributed by atoms with Gasteiger partial charge in [-0.25, -0.2) is 9.97 Å². The maximum Gasteiger partial charge on any atom is 0.262 e. The van der Waals surface area contributed by atoms with Crippen LogP contribution in [0.4, 0.5) is 0 Å². The van der Waals surface area contributed by atoms with E-state index in [0.717, 1.165) is 17.7 Å². The minimum absolute atomic E-state index is 0.511. The van der Waals surface area contributed by atoms with Crippen molar-refractivity contribution in [3.05, 3.63) is 35.3 Å². The van der Waals surface area contributed by atoms with E-state index in [1.54, 1.807) is 18.3 Å². The fraction of sp³-hybridized carbons (Fsp3) is 0.182. The lowest BCUT2D eigenvalue weighted by Crippen LogP contribution is -1.88. The van der Waals surface area contributed by atoms with Gasteiger partial charge in [0.05, 0.1) is 5.69 Å². The molecule has 0 N–H and O–H groups in total. The number of rotatable bonds is 3. The minimum Gasteiger partial charge on any atom is -0.436 e. The summed E-state index contributed by atoms with van der Waals surface area (Å²) < 4.78 is 5.41. The molecule has 2 aromatic heterocycles. The number of pyridine rings is 1. The number of aryl methyl sites for hydroxylation is 2. The minimum atomic E-state index is 0.511. The molecule has 0 atom stereocenters. The molecule has 0 aliphatic carbocycles. The largest absolute Gasteiger partial charge is 0.436 e. The van der Waals surface area contributed by atoms with E-state index < -0.39 is 0 Å². The predicted octanol–water partition coefficient (Wildman–Crippen LogP) is 2.65. The third-order valence-electron chi connectivity index (χ3n) is 2.12.